The topological polar surface area (TPSA) is 43.4 Å². The Balaban J connectivity index is 2.69. The fourth-order valence-electron chi connectivity index (χ4n) is 1.42. The third kappa shape index (κ3) is 5.13. The van der Waals surface area contributed by atoms with Gasteiger partial charge in [-0.3, -0.25) is 4.18 Å². The van der Waals surface area contributed by atoms with Gasteiger partial charge in [-0.1, -0.05) is 18.2 Å². The van der Waals surface area contributed by atoms with Gasteiger partial charge < -0.3 is 0 Å². The van der Waals surface area contributed by atoms with Crippen molar-refractivity contribution in [2.24, 2.45) is 0 Å². The summed E-state index contributed by atoms with van der Waals surface area (Å²) < 4.78 is 111. The molecule has 0 heterocycles. The van der Waals surface area contributed by atoms with Crippen LogP contribution in [0.1, 0.15) is 11.1 Å². The fourth-order valence-corrected chi connectivity index (χ4v) is 1.88. The van der Waals surface area contributed by atoms with Crippen molar-refractivity contribution >= 4 is 10.1 Å². The molecule has 3 nitrogen and oxygen atoms in total. The van der Waals surface area contributed by atoms with Crippen molar-refractivity contribution in [3.8, 4) is 0 Å². The predicted octanol–water partition coefficient (Wildman–Crippen LogP) is 3.45. The Morgan fingerprint density at radius 1 is 1.09 bits per heavy atom. The zero-order chi connectivity index (χ0) is 17.2. The van der Waals surface area contributed by atoms with Crippen molar-refractivity contribution < 1.29 is 43.3 Å². The lowest BCUT2D eigenvalue weighted by Crippen LogP contribution is -2.28. The van der Waals surface area contributed by atoms with E-state index in [1.54, 1.807) is 0 Å². The number of halogens is 7. The summed E-state index contributed by atoms with van der Waals surface area (Å²) >= 11 is 0. The molecule has 1 aromatic carbocycles. The van der Waals surface area contributed by atoms with Crippen molar-refractivity contribution in [1.82, 2.24) is 0 Å². The zero-order valence-corrected chi connectivity index (χ0v) is 11.4. The SMILES string of the molecule is O=S(=O)(OC[C@H](F)Cc1cccc(C(F)(F)F)c1)C(F)(F)F. The highest BCUT2D eigenvalue weighted by Crippen LogP contribution is 2.30. The second-order valence-corrected chi connectivity index (χ2v) is 5.79. The van der Waals surface area contributed by atoms with Gasteiger partial charge in [-0.2, -0.15) is 34.8 Å². The van der Waals surface area contributed by atoms with Crippen molar-refractivity contribution in [1.29, 1.82) is 0 Å². The number of rotatable bonds is 5. The van der Waals surface area contributed by atoms with Crippen molar-refractivity contribution in [2.75, 3.05) is 6.61 Å². The largest absolute Gasteiger partial charge is 0.523 e. The van der Waals surface area contributed by atoms with Gasteiger partial charge in [0.15, 0.2) is 0 Å². The van der Waals surface area contributed by atoms with Gasteiger partial charge in [0.2, 0.25) is 0 Å². The first-order chi connectivity index (χ1) is 9.83. The monoisotopic (exact) mass is 354 g/mol. The number of alkyl halides is 7. The Kier molecular flexibility index (Phi) is 5.44. The molecule has 0 spiro atoms. The van der Waals surface area contributed by atoms with E-state index in [4.69, 9.17) is 0 Å². The van der Waals surface area contributed by atoms with Crippen LogP contribution in [0.4, 0.5) is 30.7 Å². The number of benzene rings is 1. The molecule has 0 aromatic heterocycles. The molecule has 0 unspecified atom stereocenters. The Hall–Kier alpha value is -1.36. The van der Waals surface area contributed by atoms with E-state index in [1.165, 1.54) is 0 Å². The first kappa shape index (κ1) is 18.7. The van der Waals surface area contributed by atoms with E-state index in [1.807, 2.05) is 0 Å². The third-order valence-electron chi connectivity index (χ3n) is 2.40. The molecule has 0 radical (unpaired) electrons. The molecule has 11 heteroatoms. The molecular formula is C11H9F7O3S. The molecule has 0 aliphatic rings. The normalized spacial score (nSPS) is 14.9. The Morgan fingerprint density at radius 2 is 1.68 bits per heavy atom. The van der Waals surface area contributed by atoms with Crippen LogP contribution in [0.15, 0.2) is 24.3 Å². The van der Waals surface area contributed by atoms with E-state index >= 15 is 0 Å². The predicted molar refractivity (Wildman–Crippen MR) is 61.0 cm³/mol. The molecule has 0 fully saturated rings. The maximum atomic E-state index is 13.4. The van der Waals surface area contributed by atoms with Crippen LogP contribution in [0.5, 0.6) is 0 Å². The maximum Gasteiger partial charge on any atom is 0.523 e. The van der Waals surface area contributed by atoms with Crippen LogP contribution in [-0.4, -0.2) is 26.7 Å². The second kappa shape index (κ2) is 6.41. The first-order valence-corrected chi connectivity index (χ1v) is 6.99. The van der Waals surface area contributed by atoms with Gasteiger partial charge in [-0.05, 0) is 11.6 Å². The van der Waals surface area contributed by atoms with Gasteiger partial charge in [0.25, 0.3) is 0 Å². The lowest BCUT2D eigenvalue weighted by Gasteiger charge is -2.12. The molecule has 1 aromatic rings. The second-order valence-electron chi connectivity index (χ2n) is 4.18. The quantitative estimate of drug-likeness (QED) is 0.462. The summed E-state index contributed by atoms with van der Waals surface area (Å²) in [6.07, 6.45) is -7.60. The molecular weight excluding hydrogens is 345 g/mol. The van der Waals surface area contributed by atoms with Gasteiger partial charge in [0, 0.05) is 6.42 Å². The standard InChI is InChI=1S/C11H9F7O3S/c12-9(6-21-22(19,20)11(16,17)18)5-7-2-1-3-8(4-7)10(13,14)15/h1-4,9H,5-6H2/t9-/m1/s1. The first-order valence-electron chi connectivity index (χ1n) is 5.59. The van der Waals surface area contributed by atoms with E-state index in [0.29, 0.717) is 6.07 Å². The van der Waals surface area contributed by atoms with Crippen LogP contribution in [0.25, 0.3) is 0 Å². The van der Waals surface area contributed by atoms with Gasteiger partial charge in [-0.25, -0.2) is 4.39 Å². The molecule has 1 rings (SSSR count). The molecule has 0 bridgehead atoms. The Bertz CT molecular complexity index is 607. The molecule has 126 valence electrons. The van der Waals surface area contributed by atoms with Crippen LogP contribution in [0, 0.1) is 0 Å². The van der Waals surface area contributed by atoms with E-state index in [-0.39, 0.29) is 5.56 Å². The lowest BCUT2D eigenvalue weighted by atomic mass is 10.1. The Morgan fingerprint density at radius 3 is 2.18 bits per heavy atom. The minimum absolute atomic E-state index is 0.157. The smallest absolute Gasteiger partial charge is 0.260 e. The number of hydrogen-bond donors (Lipinski definition) is 0. The van der Waals surface area contributed by atoms with Crippen LogP contribution >= 0.6 is 0 Å². The van der Waals surface area contributed by atoms with Crippen LogP contribution in [-0.2, 0) is 26.9 Å². The van der Waals surface area contributed by atoms with Crippen LogP contribution in [0.2, 0.25) is 0 Å². The van der Waals surface area contributed by atoms with Crippen molar-refractivity contribution in [3.63, 3.8) is 0 Å². The highest BCUT2D eigenvalue weighted by atomic mass is 32.2. The summed E-state index contributed by atoms with van der Waals surface area (Å²) in [5.74, 6) is 0. The van der Waals surface area contributed by atoms with Gasteiger partial charge >= 0.3 is 21.8 Å². The highest BCUT2D eigenvalue weighted by molar-refractivity contribution is 7.87. The molecule has 22 heavy (non-hydrogen) atoms. The molecule has 0 saturated carbocycles. The van der Waals surface area contributed by atoms with Crippen molar-refractivity contribution in [2.45, 2.75) is 24.3 Å². The third-order valence-corrected chi connectivity index (χ3v) is 3.41. The van der Waals surface area contributed by atoms with Gasteiger partial charge in [0.1, 0.15) is 6.17 Å². The van der Waals surface area contributed by atoms with E-state index in [9.17, 15) is 39.2 Å². The number of hydrogen-bond acceptors (Lipinski definition) is 3. The molecule has 0 aliphatic heterocycles. The fraction of sp³-hybridized carbons (Fsp3) is 0.455. The minimum atomic E-state index is -5.94. The maximum absolute atomic E-state index is 13.4. The van der Waals surface area contributed by atoms with E-state index in [0.717, 1.165) is 18.2 Å². The summed E-state index contributed by atoms with van der Waals surface area (Å²) in [4.78, 5) is 0. The van der Waals surface area contributed by atoms with Gasteiger partial charge in [0.05, 0.1) is 12.2 Å². The Labute approximate surface area is 120 Å². The molecule has 0 amide bonds. The summed E-state index contributed by atoms with van der Waals surface area (Å²) in [7, 11) is -5.94. The van der Waals surface area contributed by atoms with E-state index < -0.39 is 46.6 Å². The van der Waals surface area contributed by atoms with Crippen LogP contribution in [0.3, 0.4) is 0 Å². The van der Waals surface area contributed by atoms with Crippen molar-refractivity contribution in [3.05, 3.63) is 35.4 Å². The van der Waals surface area contributed by atoms with E-state index in [2.05, 4.69) is 4.18 Å². The molecule has 0 saturated heterocycles. The minimum Gasteiger partial charge on any atom is -0.260 e. The van der Waals surface area contributed by atoms with Crippen LogP contribution < -0.4 is 0 Å². The average Bonchev–Trinajstić information content (AvgIpc) is 2.34. The molecule has 1 atom stereocenters. The zero-order valence-electron chi connectivity index (χ0n) is 10.6. The lowest BCUT2D eigenvalue weighted by molar-refractivity contribution is -0.137. The molecule has 0 aliphatic carbocycles. The highest BCUT2D eigenvalue weighted by Gasteiger charge is 2.47. The summed E-state index contributed by atoms with van der Waals surface area (Å²) in [5.41, 5.74) is -6.90. The van der Waals surface area contributed by atoms with Gasteiger partial charge in [-0.15, -0.1) is 0 Å². The molecule has 0 N–H and O–H groups in total. The average molecular weight is 354 g/mol. The summed E-state index contributed by atoms with van der Waals surface area (Å²) in [6, 6.07) is 3.48. The summed E-state index contributed by atoms with van der Waals surface area (Å²) in [6.45, 7) is -1.45. The summed E-state index contributed by atoms with van der Waals surface area (Å²) in [5, 5.41) is 0.